The molecule has 3 rings (SSSR count). The number of urea groups is 1. The quantitative estimate of drug-likeness (QED) is 0.576. The Morgan fingerprint density at radius 3 is 2.73 bits per heavy atom. The van der Waals surface area contributed by atoms with Crippen molar-refractivity contribution in [1.29, 1.82) is 0 Å². The molecule has 0 aromatic rings. The maximum absolute atomic E-state index is 11.9. The Labute approximate surface area is 128 Å². The summed E-state index contributed by atoms with van der Waals surface area (Å²) >= 11 is 0. The molecule has 1 atom stereocenters. The fraction of sp³-hybridized carbons (Fsp3) is 0.786. The van der Waals surface area contributed by atoms with Gasteiger partial charge in [-0.1, -0.05) is 0 Å². The summed E-state index contributed by atoms with van der Waals surface area (Å²) in [4.78, 5) is 37.0. The highest BCUT2D eigenvalue weighted by Gasteiger charge is 2.47. The lowest BCUT2D eigenvalue weighted by molar-refractivity contribution is -0.126. The van der Waals surface area contributed by atoms with Crippen molar-refractivity contribution < 1.29 is 19.1 Å². The van der Waals surface area contributed by atoms with Gasteiger partial charge in [0.25, 0.3) is 5.91 Å². The number of ether oxygens (including phenoxy) is 1. The van der Waals surface area contributed by atoms with E-state index in [1.807, 2.05) is 4.90 Å². The highest BCUT2D eigenvalue weighted by molar-refractivity contribution is 6.07. The van der Waals surface area contributed by atoms with E-state index in [1.165, 1.54) is 0 Å². The van der Waals surface area contributed by atoms with Gasteiger partial charge in [-0.25, -0.2) is 4.79 Å². The van der Waals surface area contributed by atoms with Crippen LogP contribution in [0, 0.1) is 0 Å². The van der Waals surface area contributed by atoms with Gasteiger partial charge in [-0.05, 0) is 25.7 Å². The lowest BCUT2D eigenvalue weighted by Crippen LogP contribution is -2.56. The van der Waals surface area contributed by atoms with E-state index in [0.717, 1.165) is 19.4 Å². The normalized spacial score (nSPS) is 27.7. The molecule has 0 radical (unpaired) electrons. The van der Waals surface area contributed by atoms with Crippen LogP contribution in [0.25, 0.3) is 0 Å². The van der Waals surface area contributed by atoms with Crippen LogP contribution in [0.2, 0.25) is 0 Å². The van der Waals surface area contributed by atoms with Crippen LogP contribution in [0.1, 0.15) is 25.7 Å². The first-order valence-corrected chi connectivity index (χ1v) is 7.82. The molecule has 0 bridgehead atoms. The van der Waals surface area contributed by atoms with Crippen molar-refractivity contribution in [3.63, 3.8) is 0 Å². The van der Waals surface area contributed by atoms with Crippen molar-refractivity contribution in [3.05, 3.63) is 0 Å². The molecule has 8 nitrogen and oxygen atoms in total. The largest absolute Gasteiger partial charge is 0.376 e. The van der Waals surface area contributed by atoms with E-state index >= 15 is 0 Å². The fourth-order valence-electron chi connectivity index (χ4n) is 3.27. The van der Waals surface area contributed by atoms with E-state index < -0.39 is 11.6 Å². The molecule has 3 aliphatic heterocycles. The minimum atomic E-state index is -0.776. The van der Waals surface area contributed by atoms with Gasteiger partial charge in [0.1, 0.15) is 5.54 Å². The number of hydrogen-bond acceptors (Lipinski definition) is 5. The van der Waals surface area contributed by atoms with Gasteiger partial charge in [0.15, 0.2) is 0 Å². The molecule has 0 saturated carbocycles. The molecule has 3 saturated heterocycles. The van der Waals surface area contributed by atoms with Crippen LogP contribution < -0.4 is 16.0 Å². The second-order valence-corrected chi connectivity index (χ2v) is 6.21. The summed E-state index contributed by atoms with van der Waals surface area (Å²) in [5.74, 6) is -0.272. The average Bonchev–Trinajstić information content (AvgIpc) is 3.08. The minimum absolute atomic E-state index is 0.0219. The van der Waals surface area contributed by atoms with Gasteiger partial charge in [-0.15, -0.1) is 0 Å². The lowest BCUT2D eigenvalue weighted by Gasteiger charge is -2.36. The minimum Gasteiger partial charge on any atom is -0.376 e. The highest BCUT2D eigenvalue weighted by atomic mass is 16.5. The van der Waals surface area contributed by atoms with Gasteiger partial charge in [-0.3, -0.25) is 19.8 Å². The molecule has 1 unspecified atom stereocenters. The number of likely N-dealkylation sites (tertiary alicyclic amines) is 1. The molecule has 3 aliphatic rings. The number of rotatable bonds is 4. The van der Waals surface area contributed by atoms with E-state index in [1.54, 1.807) is 0 Å². The number of piperidine rings is 1. The highest BCUT2D eigenvalue weighted by Crippen LogP contribution is 2.25. The van der Waals surface area contributed by atoms with Crippen molar-refractivity contribution >= 4 is 17.8 Å². The Morgan fingerprint density at radius 1 is 1.36 bits per heavy atom. The summed E-state index contributed by atoms with van der Waals surface area (Å²) in [6.45, 7) is 2.89. The molecule has 0 aromatic carbocycles. The summed E-state index contributed by atoms with van der Waals surface area (Å²) < 4.78 is 5.47. The zero-order chi connectivity index (χ0) is 15.6. The van der Waals surface area contributed by atoms with Crippen molar-refractivity contribution in [2.75, 3.05) is 32.8 Å². The van der Waals surface area contributed by atoms with Gasteiger partial charge in [0.05, 0.1) is 12.6 Å². The zero-order valence-corrected chi connectivity index (χ0v) is 12.5. The van der Waals surface area contributed by atoms with E-state index in [-0.39, 0.29) is 17.9 Å². The average molecular weight is 310 g/mol. The van der Waals surface area contributed by atoms with E-state index in [0.29, 0.717) is 39.0 Å². The standard InChI is InChI=1S/C14H22N4O4/c19-11(15-8-10-2-1-7-22-10)9-18-5-3-14(4-6-18)12(20)16-13(21)17-14/h10H,1-9H2,(H,15,19)(H2,16,17,20,21). The summed E-state index contributed by atoms with van der Waals surface area (Å²) in [5, 5.41) is 7.89. The van der Waals surface area contributed by atoms with Crippen molar-refractivity contribution in [2.24, 2.45) is 0 Å². The van der Waals surface area contributed by atoms with Gasteiger partial charge >= 0.3 is 6.03 Å². The van der Waals surface area contributed by atoms with Crippen LogP contribution in [0.3, 0.4) is 0 Å². The molecule has 22 heavy (non-hydrogen) atoms. The smallest absolute Gasteiger partial charge is 0.322 e. The Bertz CT molecular complexity index is 467. The summed E-state index contributed by atoms with van der Waals surface area (Å²) in [6, 6.07) is -0.423. The molecule has 0 aliphatic carbocycles. The molecule has 3 fully saturated rings. The Morgan fingerprint density at radius 2 is 2.14 bits per heavy atom. The molecular formula is C14H22N4O4. The number of amides is 4. The Kier molecular flexibility index (Phi) is 4.30. The summed E-state index contributed by atoms with van der Waals surface area (Å²) in [6.07, 6.45) is 3.27. The maximum Gasteiger partial charge on any atom is 0.322 e. The van der Waals surface area contributed by atoms with Crippen LogP contribution >= 0.6 is 0 Å². The number of carbonyl (C=O) groups excluding carboxylic acids is 3. The van der Waals surface area contributed by atoms with E-state index in [4.69, 9.17) is 4.74 Å². The zero-order valence-electron chi connectivity index (χ0n) is 12.5. The van der Waals surface area contributed by atoms with Crippen molar-refractivity contribution in [1.82, 2.24) is 20.9 Å². The molecule has 0 aromatic heterocycles. The van der Waals surface area contributed by atoms with Crippen LogP contribution in [0.5, 0.6) is 0 Å². The molecule has 3 N–H and O–H groups in total. The number of imide groups is 1. The second-order valence-electron chi connectivity index (χ2n) is 6.21. The predicted octanol–water partition coefficient (Wildman–Crippen LogP) is -1.04. The number of hydrogen-bond donors (Lipinski definition) is 3. The third-order valence-corrected chi connectivity index (χ3v) is 4.64. The van der Waals surface area contributed by atoms with Crippen molar-refractivity contribution in [2.45, 2.75) is 37.3 Å². The molecule has 3 heterocycles. The molecule has 8 heteroatoms. The van der Waals surface area contributed by atoms with Crippen LogP contribution in [0.4, 0.5) is 4.79 Å². The lowest BCUT2D eigenvalue weighted by atomic mass is 9.88. The monoisotopic (exact) mass is 310 g/mol. The topological polar surface area (TPSA) is 99.8 Å². The number of nitrogens with zero attached hydrogens (tertiary/aromatic N) is 1. The third kappa shape index (κ3) is 3.22. The first-order chi connectivity index (χ1) is 10.6. The van der Waals surface area contributed by atoms with Gasteiger partial charge in [-0.2, -0.15) is 0 Å². The Balaban J connectivity index is 1.41. The summed E-state index contributed by atoms with van der Waals surface area (Å²) in [5.41, 5.74) is -0.776. The molecule has 4 amide bonds. The van der Waals surface area contributed by atoms with E-state index in [2.05, 4.69) is 16.0 Å². The first-order valence-electron chi connectivity index (χ1n) is 7.82. The molecule has 1 spiro atoms. The van der Waals surface area contributed by atoms with Gasteiger partial charge in [0, 0.05) is 26.2 Å². The third-order valence-electron chi connectivity index (χ3n) is 4.64. The Hall–Kier alpha value is -1.67. The van der Waals surface area contributed by atoms with Gasteiger partial charge < -0.3 is 15.4 Å². The number of nitrogens with one attached hydrogen (secondary N) is 3. The predicted molar refractivity (Wildman–Crippen MR) is 77.1 cm³/mol. The van der Waals surface area contributed by atoms with Crippen LogP contribution in [0.15, 0.2) is 0 Å². The second kappa shape index (κ2) is 6.21. The van der Waals surface area contributed by atoms with Crippen molar-refractivity contribution in [3.8, 4) is 0 Å². The van der Waals surface area contributed by atoms with Crippen LogP contribution in [-0.2, 0) is 14.3 Å². The molecule has 122 valence electrons. The van der Waals surface area contributed by atoms with Gasteiger partial charge in [0.2, 0.25) is 5.91 Å². The van der Waals surface area contributed by atoms with E-state index in [9.17, 15) is 14.4 Å². The number of carbonyl (C=O) groups is 3. The summed E-state index contributed by atoms with van der Waals surface area (Å²) in [7, 11) is 0. The SMILES string of the molecule is O=C(CN1CCC2(CC1)NC(=O)NC2=O)NCC1CCCO1. The maximum atomic E-state index is 11.9. The first kappa shape index (κ1) is 15.2. The molecular weight excluding hydrogens is 288 g/mol. The fourth-order valence-corrected chi connectivity index (χ4v) is 3.27. The van der Waals surface area contributed by atoms with Crippen LogP contribution in [-0.4, -0.2) is 67.2 Å².